The molecule has 0 aromatic heterocycles. The maximum atomic E-state index is 12.6. The van der Waals surface area contributed by atoms with Gasteiger partial charge in [-0.25, -0.2) is 4.79 Å². The van der Waals surface area contributed by atoms with Gasteiger partial charge in [0.2, 0.25) is 0 Å². The van der Waals surface area contributed by atoms with E-state index in [2.05, 4.69) is 10.1 Å². The monoisotopic (exact) mass is 457 g/mol. The molecule has 170 valence electrons. The number of nitro benzene ring substituents is 1. The van der Waals surface area contributed by atoms with Gasteiger partial charge < -0.3 is 14.8 Å². The Morgan fingerprint density at radius 2 is 1.82 bits per heavy atom. The van der Waals surface area contributed by atoms with Gasteiger partial charge in [0, 0.05) is 23.4 Å². The molecule has 3 aromatic rings. The lowest BCUT2D eigenvalue weighted by atomic mass is 10.1. The molecule has 0 radical (unpaired) electrons. The van der Waals surface area contributed by atoms with Crippen LogP contribution < -0.4 is 10.1 Å². The van der Waals surface area contributed by atoms with Crippen molar-refractivity contribution in [2.24, 2.45) is 0 Å². The van der Waals surface area contributed by atoms with Crippen LogP contribution in [-0.2, 0) is 16.1 Å². The molecule has 0 saturated heterocycles. The fourth-order valence-electron chi connectivity index (χ4n) is 2.96. The summed E-state index contributed by atoms with van der Waals surface area (Å²) < 4.78 is 10.4. The summed E-state index contributed by atoms with van der Waals surface area (Å²) in [5.74, 6) is -0.740. The Morgan fingerprint density at radius 3 is 2.50 bits per heavy atom. The highest BCUT2D eigenvalue weighted by atomic mass is 16.6. The van der Waals surface area contributed by atoms with Crippen LogP contribution in [0.3, 0.4) is 0 Å². The second kappa shape index (κ2) is 11.1. The van der Waals surface area contributed by atoms with Crippen LogP contribution in [0, 0.1) is 21.4 Å². The minimum atomic E-state index is -0.637. The maximum absolute atomic E-state index is 12.6. The van der Waals surface area contributed by atoms with Gasteiger partial charge in [0.15, 0.2) is 0 Å². The number of anilines is 1. The first kappa shape index (κ1) is 23.7. The summed E-state index contributed by atoms with van der Waals surface area (Å²) in [4.78, 5) is 34.6. The normalized spacial score (nSPS) is 10.6. The number of nitro groups is 1. The molecule has 0 aliphatic rings. The molecule has 9 heteroatoms. The molecule has 1 amide bonds. The quantitative estimate of drug-likeness (QED) is 0.173. The summed E-state index contributed by atoms with van der Waals surface area (Å²) in [6.45, 7) is 0.0627. The number of para-hydroxylation sites is 1. The largest absolute Gasteiger partial charge is 0.488 e. The number of rotatable bonds is 8. The van der Waals surface area contributed by atoms with E-state index < -0.39 is 16.8 Å². The van der Waals surface area contributed by atoms with E-state index in [-0.39, 0.29) is 17.9 Å². The number of ether oxygens (including phenoxy) is 2. The molecule has 0 saturated carbocycles. The molecule has 0 atom stereocenters. The zero-order chi connectivity index (χ0) is 24.5. The minimum Gasteiger partial charge on any atom is -0.488 e. The summed E-state index contributed by atoms with van der Waals surface area (Å²) in [6, 6.07) is 20.8. The molecule has 0 bridgehead atoms. The number of nitrogens with one attached hydrogen (secondary N) is 1. The Morgan fingerprint density at radius 1 is 1.09 bits per heavy atom. The van der Waals surface area contributed by atoms with Crippen LogP contribution in [0.25, 0.3) is 6.08 Å². The molecule has 34 heavy (non-hydrogen) atoms. The van der Waals surface area contributed by atoms with Crippen molar-refractivity contribution in [1.29, 1.82) is 5.26 Å². The highest BCUT2D eigenvalue weighted by Gasteiger charge is 2.13. The van der Waals surface area contributed by atoms with Crippen molar-refractivity contribution in [2.45, 2.75) is 6.61 Å². The van der Waals surface area contributed by atoms with Gasteiger partial charge in [-0.2, -0.15) is 5.26 Å². The summed E-state index contributed by atoms with van der Waals surface area (Å²) in [7, 11) is 1.27. The Hall–Kier alpha value is -4.97. The average Bonchev–Trinajstić information content (AvgIpc) is 2.86. The predicted octanol–water partition coefficient (Wildman–Crippen LogP) is 4.51. The number of nitrogens with zero attached hydrogens (tertiary/aromatic N) is 2. The van der Waals surface area contributed by atoms with E-state index in [4.69, 9.17) is 4.74 Å². The number of hydrogen-bond donors (Lipinski definition) is 1. The van der Waals surface area contributed by atoms with Crippen LogP contribution in [-0.4, -0.2) is 23.9 Å². The third kappa shape index (κ3) is 6.05. The first-order valence-corrected chi connectivity index (χ1v) is 9.98. The maximum Gasteiger partial charge on any atom is 0.337 e. The Kier molecular flexibility index (Phi) is 7.71. The standard InChI is InChI=1S/C25H19N3O6/c1-33-25(30)18-9-11-21(12-10-18)27-24(29)20(15-26)14-19-6-2-3-8-23(19)34-16-17-5-4-7-22(13-17)28(31)32/h2-14H,16H2,1H3,(H,27,29)/b20-14+. The van der Waals surface area contributed by atoms with Crippen LogP contribution in [0.1, 0.15) is 21.5 Å². The van der Waals surface area contributed by atoms with Crippen LogP contribution >= 0.6 is 0 Å². The van der Waals surface area contributed by atoms with Gasteiger partial charge in [-0.15, -0.1) is 0 Å². The van der Waals surface area contributed by atoms with Crippen molar-refractivity contribution in [1.82, 2.24) is 0 Å². The number of esters is 1. The second-order valence-corrected chi connectivity index (χ2v) is 6.95. The number of non-ortho nitro benzene ring substituents is 1. The molecule has 1 N–H and O–H groups in total. The smallest absolute Gasteiger partial charge is 0.337 e. The highest BCUT2D eigenvalue weighted by molar-refractivity contribution is 6.10. The van der Waals surface area contributed by atoms with E-state index in [0.717, 1.165) is 0 Å². The van der Waals surface area contributed by atoms with Crippen molar-refractivity contribution >= 4 is 29.3 Å². The number of carbonyl (C=O) groups is 2. The molecule has 9 nitrogen and oxygen atoms in total. The Balaban J connectivity index is 1.75. The van der Waals surface area contributed by atoms with Crippen molar-refractivity contribution in [3.63, 3.8) is 0 Å². The molecular formula is C25H19N3O6. The first-order chi connectivity index (χ1) is 16.4. The molecule has 0 fully saturated rings. The fraction of sp³-hybridized carbons (Fsp3) is 0.0800. The summed E-state index contributed by atoms with van der Waals surface area (Å²) in [6.07, 6.45) is 1.39. The molecule has 0 spiro atoms. The zero-order valence-electron chi connectivity index (χ0n) is 18.1. The number of carbonyl (C=O) groups excluding carboxylic acids is 2. The van der Waals surface area contributed by atoms with Gasteiger partial charge in [0.25, 0.3) is 11.6 Å². The van der Waals surface area contributed by atoms with E-state index in [1.807, 2.05) is 6.07 Å². The topological polar surface area (TPSA) is 132 Å². The first-order valence-electron chi connectivity index (χ1n) is 9.98. The van der Waals surface area contributed by atoms with E-state index in [1.165, 1.54) is 49.6 Å². The van der Waals surface area contributed by atoms with Crippen molar-refractivity contribution in [3.8, 4) is 11.8 Å². The molecular weight excluding hydrogens is 438 g/mol. The third-order valence-corrected chi connectivity index (χ3v) is 4.66. The SMILES string of the molecule is COC(=O)c1ccc(NC(=O)/C(C#N)=C/c2ccccc2OCc2cccc([N+](=O)[O-])c2)cc1. The van der Waals surface area contributed by atoms with Gasteiger partial charge in [0.1, 0.15) is 24.0 Å². The summed E-state index contributed by atoms with van der Waals surface area (Å²) in [5, 5.41) is 23.1. The molecule has 0 unspecified atom stereocenters. The minimum absolute atomic E-state index is 0.0441. The van der Waals surface area contributed by atoms with Crippen molar-refractivity contribution in [2.75, 3.05) is 12.4 Å². The van der Waals surface area contributed by atoms with E-state index in [0.29, 0.717) is 28.1 Å². The van der Waals surface area contributed by atoms with E-state index in [1.54, 1.807) is 36.4 Å². The number of benzene rings is 3. The summed E-state index contributed by atoms with van der Waals surface area (Å²) >= 11 is 0. The number of methoxy groups -OCH3 is 1. The van der Waals surface area contributed by atoms with Gasteiger partial charge in [-0.1, -0.05) is 30.3 Å². The number of hydrogen-bond acceptors (Lipinski definition) is 7. The number of nitriles is 1. The molecule has 0 aliphatic carbocycles. The van der Waals surface area contributed by atoms with E-state index >= 15 is 0 Å². The molecule has 3 rings (SSSR count). The fourth-order valence-corrected chi connectivity index (χ4v) is 2.96. The van der Waals surface area contributed by atoms with Crippen molar-refractivity contribution in [3.05, 3.63) is 105 Å². The zero-order valence-corrected chi connectivity index (χ0v) is 18.1. The molecule has 3 aromatic carbocycles. The lowest BCUT2D eigenvalue weighted by molar-refractivity contribution is -0.384. The predicted molar refractivity (Wildman–Crippen MR) is 124 cm³/mol. The molecule has 0 heterocycles. The highest BCUT2D eigenvalue weighted by Crippen LogP contribution is 2.23. The Labute approximate surface area is 195 Å². The van der Waals surface area contributed by atoms with Gasteiger partial charge in [-0.3, -0.25) is 14.9 Å². The van der Waals surface area contributed by atoms with Crippen LogP contribution in [0.15, 0.2) is 78.4 Å². The van der Waals surface area contributed by atoms with Crippen LogP contribution in [0.5, 0.6) is 5.75 Å². The van der Waals surface area contributed by atoms with Crippen LogP contribution in [0.2, 0.25) is 0 Å². The third-order valence-electron chi connectivity index (χ3n) is 4.66. The summed E-state index contributed by atoms with van der Waals surface area (Å²) in [5.41, 5.74) is 1.60. The van der Waals surface area contributed by atoms with Gasteiger partial charge in [0.05, 0.1) is 17.6 Å². The lowest BCUT2D eigenvalue weighted by Crippen LogP contribution is -2.13. The van der Waals surface area contributed by atoms with Crippen LogP contribution in [0.4, 0.5) is 11.4 Å². The lowest BCUT2D eigenvalue weighted by Gasteiger charge is -2.10. The second-order valence-electron chi connectivity index (χ2n) is 6.95. The number of amides is 1. The van der Waals surface area contributed by atoms with Gasteiger partial charge >= 0.3 is 5.97 Å². The van der Waals surface area contributed by atoms with Crippen molar-refractivity contribution < 1.29 is 24.0 Å². The molecule has 0 aliphatic heterocycles. The van der Waals surface area contributed by atoms with E-state index in [9.17, 15) is 25.0 Å². The van der Waals surface area contributed by atoms with Gasteiger partial charge in [-0.05, 0) is 42.0 Å². The Bertz CT molecular complexity index is 1290. The average molecular weight is 457 g/mol.